The van der Waals surface area contributed by atoms with Gasteiger partial charge in [-0.2, -0.15) is 17.5 Å². The van der Waals surface area contributed by atoms with Crippen molar-refractivity contribution in [2.45, 2.75) is 31.5 Å². The Morgan fingerprint density at radius 2 is 1.62 bits per heavy atom. The summed E-state index contributed by atoms with van der Waals surface area (Å²) in [7, 11) is -4.22. The van der Waals surface area contributed by atoms with Crippen LogP contribution in [0.25, 0.3) is 11.5 Å². The summed E-state index contributed by atoms with van der Waals surface area (Å²) in [5.74, 6) is -0.0706. The number of amides is 2. The minimum atomic E-state index is -4.48. The molecule has 2 heterocycles. The quantitative estimate of drug-likeness (QED) is 0.337. The number of hydrogen-bond acceptors (Lipinski definition) is 6. The van der Waals surface area contributed by atoms with Crippen LogP contribution in [0.15, 0.2) is 76.0 Å². The Hall–Kier alpha value is -4.19. The van der Waals surface area contributed by atoms with E-state index in [-0.39, 0.29) is 40.2 Å². The van der Waals surface area contributed by atoms with E-state index >= 15 is 0 Å². The Kier molecular flexibility index (Phi) is 5.78. The maximum atomic E-state index is 13.7. The van der Waals surface area contributed by atoms with E-state index in [1.165, 1.54) is 29.2 Å². The van der Waals surface area contributed by atoms with Crippen molar-refractivity contribution in [3.05, 3.63) is 89.3 Å². The maximum absolute atomic E-state index is 13.7. The summed E-state index contributed by atoms with van der Waals surface area (Å²) < 4.78 is 72.0. The molecule has 0 radical (unpaired) electrons. The lowest BCUT2D eigenvalue weighted by molar-refractivity contribution is -0.137. The van der Waals surface area contributed by atoms with E-state index in [0.29, 0.717) is 5.56 Å². The van der Waals surface area contributed by atoms with Gasteiger partial charge in [0.05, 0.1) is 16.9 Å². The van der Waals surface area contributed by atoms with Crippen LogP contribution in [-0.2, 0) is 22.7 Å². The van der Waals surface area contributed by atoms with Gasteiger partial charge in [-0.15, -0.1) is 10.2 Å². The molecule has 0 spiro atoms. The number of alkyl halides is 3. The zero-order chi connectivity index (χ0) is 26.5. The Balaban J connectivity index is 1.52. The molecular weight excluding hydrogens is 509 g/mol. The van der Waals surface area contributed by atoms with Gasteiger partial charge in [-0.3, -0.25) is 4.90 Å². The molecule has 3 aromatic carbocycles. The summed E-state index contributed by atoms with van der Waals surface area (Å²) >= 11 is 0. The van der Waals surface area contributed by atoms with E-state index in [2.05, 4.69) is 10.2 Å². The number of rotatable bonds is 4. The molecule has 2 amide bonds. The first-order chi connectivity index (χ1) is 17.5. The lowest BCUT2D eigenvalue weighted by Gasteiger charge is -2.36. The zero-order valence-electron chi connectivity index (χ0n) is 19.5. The van der Waals surface area contributed by atoms with Gasteiger partial charge < -0.3 is 4.42 Å². The van der Waals surface area contributed by atoms with Crippen LogP contribution in [0.5, 0.6) is 0 Å². The van der Waals surface area contributed by atoms with Gasteiger partial charge in [0.2, 0.25) is 11.8 Å². The van der Waals surface area contributed by atoms with Crippen LogP contribution >= 0.6 is 0 Å². The van der Waals surface area contributed by atoms with Gasteiger partial charge in [-0.1, -0.05) is 24.3 Å². The van der Waals surface area contributed by atoms with Crippen molar-refractivity contribution in [3.63, 3.8) is 0 Å². The van der Waals surface area contributed by atoms with Crippen molar-refractivity contribution in [1.29, 1.82) is 0 Å². The van der Waals surface area contributed by atoms with Crippen LogP contribution in [0.1, 0.15) is 22.6 Å². The predicted molar refractivity (Wildman–Crippen MR) is 128 cm³/mol. The molecule has 0 fully saturated rings. The van der Waals surface area contributed by atoms with Gasteiger partial charge in [0, 0.05) is 5.56 Å². The van der Waals surface area contributed by atoms with E-state index in [1.54, 1.807) is 38.1 Å². The summed E-state index contributed by atoms with van der Waals surface area (Å²) in [5, 5.41) is 7.82. The average Bonchev–Trinajstić information content (AvgIpc) is 3.32. The lowest BCUT2D eigenvalue weighted by Crippen LogP contribution is -2.51. The van der Waals surface area contributed by atoms with Gasteiger partial charge in [-0.05, 0) is 67.4 Å². The number of anilines is 2. The van der Waals surface area contributed by atoms with Crippen molar-refractivity contribution in [3.8, 4) is 11.5 Å². The number of sulfonamides is 1. The molecule has 0 saturated carbocycles. The molecule has 0 bridgehead atoms. The molecule has 190 valence electrons. The van der Waals surface area contributed by atoms with Crippen LogP contribution in [0.3, 0.4) is 0 Å². The van der Waals surface area contributed by atoms with E-state index in [1.807, 2.05) is 6.07 Å². The molecule has 4 aromatic rings. The third kappa shape index (κ3) is 4.33. The number of urea groups is 1. The third-order valence-corrected chi connectivity index (χ3v) is 7.62. The Morgan fingerprint density at radius 3 is 2.32 bits per heavy atom. The summed E-state index contributed by atoms with van der Waals surface area (Å²) in [6.45, 7) is 3.23. The monoisotopic (exact) mass is 528 g/mol. The molecule has 12 heteroatoms. The van der Waals surface area contributed by atoms with Gasteiger partial charge in [-0.25, -0.2) is 13.2 Å². The molecule has 1 aliphatic heterocycles. The van der Waals surface area contributed by atoms with Crippen LogP contribution in [0.2, 0.25) is 0 Å². The Morgan fingerprint density at radius 1 is 0.919 bits per heavy atom. The molecule has 37 heavy (non-hydrogen) atoms. The Labute approximate surface area is 210 Å². The smallest absolute Gasteiger partial charge is 0.416 e. The van der Waals surface area contributed by atoms with Crippen LogP contribution in [0, 0.1) is 13.8 Å². The fourth-order valence-corrected chi connectivity index (χ4v) is 5.66. The topological polar surface area (TPSA) is 96.6 Å². The number of carbonyl (C=O) groups is 1. The van der Waals surface area contributed by atoms with Crippen LogP contribution in [-0.4, -0.2) is 24.6 Å². The number of aryl methyl sites for hydroxylation is 2. The summed E-state index contributed by atoms with van der Waals surface area (Å²) in [6, 6.07) is 14.6. The summed E-state index contributed by atoms with van der Waals surface area (Å²) in [5.41, 5.74) is 1.16. The predicted octanol–water partition coefficient (Wildman–Crippen LogP) is 5.71. The highest BCUT2D eigenvalue weighted by atomic mass is 32.2. The number of aromatic nitrogens is 2. The van der Waals surface area contributed by atoms with E-state index in [0.717, 1.165) is 22.0 Å². The molecular formula is C25H19F3N4O4S. The first-order valence-electron chi connectivity index (χ1n) is 11.0. The number of benzene rings is 3. The third-order valence-electron chi connectivity index (χ3n) is 5.88. The van der Waals surface area contributed by atoms with E-state index in [9.17, 15) is 26.4 Å². The van der Waals surface area contributed by atoms with Crippen molar-refractivity contribution < 1.29 is 30.8 Å². The highest BCUT2D eigenvalue weighted by Gasteiger charge is 2.43. The summed E-state index contributed by atoms with van der Waals surface area (Å²) in [4.78, 5) is 14.8. The second-order valence-electron chi connectivity index (χ2n) is 8.47. The fourth-order valence-electron chi connectivity index (χ4n) is 4.01. The lowest BCUT2D eigenvalue weighted by atomic mass is 10.1. The van der Waals surface area contributed by atoms with Crippen LogP contribution < -0.4 is 9.21 Å². The van der Waals surface area contributed by atoms with Crippen LogP contribution in [0.4, 0.5) is 29.3 Å². The minimum Gasteiger partial charge on any atom is -0.419 e. The molecule has 8 nitrogen and oxygen atoms in total. The molecule has 0 unspecified atom stereocenters. The number of nitrogens with zero attached hydrogens (tertiary/aromatic N) is 4. The van der Waals surface area contributed by atoms with E-state index in [4.69, 9.17) is 4.42 Å². The number of para-hydroxylation sites is 1. The first-order valence-corrected chi connectivity index (χ1v) is 12.4. The number of hydrogen-bond donors (Lipinski definition) is 0. The van der Waals surface area contributed by atoms with Gasteiger partial charge in [0.1, 0.15) is 11.4 Å². The van der Waals surface area contributed by atoms with E-state index < -0.39 is 27.8 Å². The molecule has 1 aromatic heterocycles. The standard InChI is InChI=1S/C25H19F3N4O4S/c1-15-7-8-16(2)20(13-15)32-24(33)31(19-5-3-4-6-21(19)37(32,34)35)14-22-29-30-23(36-22)17-9-11-18(12-10-17)25(26,27)28/h3-13H,14H2,1-2H3. The van der Waals surface area contributed by atoms with Crippen molar-refractivity contribution in [1.82, 2.24) is 10.2 Å². The molecule has 0 aliphatic carbocycles. The minimum absolute atomic E-state index is 0.0294. The average molecular weight is 529 g/mol. The Bertz CT molecular complexity index is 1620. The number of halogens is 3. The van der Waals surface area contributed by atoms with Gasteiger partial charge >= 0.3 is 12.2 Å². The summed E-state index contributed by atoms with van der Waals surface area (Å²) in [6.07, 6.45) is -4.48. The molecule has 0 atom stereocenters. The first kappa shape index (κ1) is 24.5. The molecule has 1 aliphatic rings. The highest BCUT2D eigenvalue weighted by Crippen LogP contribution is 2.39. The number of fused-ring (bicyclic) bond motifs is 1. The second kappa shape index (κ2) is 8.73. The normalized spacial score (nSPS) is 15.1. The van der Waals surface area contributed by atoms with Gasteiger partial charge in [0.15, 0.2) is 0 Å². The molecule has 0 N–H and O–H groups in total. The van der Waals surface area contributed by atoms with Crippen molar-refractivity contribution in [2.24, 2.45) is 0 Å². The number of carbonyl (C=O) groups excluding carboxylic acids is 1. The highest BCUT2D eigenvalue weighted by molar-refractivity contribution is 7.94. The van der Waals surface area contributed by atoms with Crippen molar-refractivity contribution >= 4 is 27.4 Å². The largest absolute Gasteiger partial charge is 0.419 e. The second-order valence-corrected chi connectivity index (χ2v) is 10.2. The van der Waals surface area contributed by atoms with Crippen molar-refractivity contribution in [2.75, 3.05) is 9.21 Å². The molecule has 0 saturated heterocycles. The fraction of sp³-hybridized carbons (Fsp3) is 0.160. The zero-order valence-corrected chi connectivity index (χ0v) is 20.3. The maximum Gasteiger partial charge on any atom is 0.416 e. The molecule has 5 rings (SSSR count). The van der Waals surface area contributed by atoms with Gasteiger partial charge in [0.25, 0.3) is 10.0 Å². The SMILES string of the molecule is Cc1ccc(C)c(N2C(=O)N(Cc3nnc(-c4ccc(C(F)(F)F)cc4)o3)c3ccccc3S2(=O)=O)c1.